The molecule has 1 aliphatic rings. The second kappa shape index (κ2) is 3.33. The highest BCUT2D eigenvalue weighted by Crippen LogP contribution is 2.51. The van der Waals surface area contributed by atoms with Gasteiger partial charge in [0, 0.05) is 5.56 Å². The van der Waals surface area contributed by atoms with Gasteiger partial charge in [-0.2, -0.15) is 0 Å². The maximum Gasteiger partial charge on any atom is 0.129 e. The number of aliphatic hydroxyl groups is 1. The van der Waals surface area contributed by atoms with Gasteiger partial charge in [-0.25, -0.2) is 4.39 Å². The monoisotopic (exact) mass is 196 g/mol. The Morgan fingerprint density at radius 3 is 2.71 bits per heavy atom. The molecule has 3 heteroatoms. The summed E-state index contributed by atoms with van der Waals surface area (Å²) in [7, 11) is 0. The standard InChI is InChI=1S/C11H13FO2/c1-2-11(7-13)10(14-11)8-5-3-4-6-9(8)12/h3-6,10,13H,2,7H2,1H3/t10-,11-/m1/s1. The third-order valence-electron chi connectivity index (χ3n) is 2.83. The number of hydrogen-bond donors (Lipinski definition) is 1. The van der Waals surface area contributed by atoms with Gasteiger partial charge in [-0.05, 0) is 12.5 Å². The van der Waals surface area contributed by atoms with Gasteiger partial charge in [-0.15, -0.1) is 0 Å². The molecule has 0 amide bonds. The first kappa shape index (κ1) is 9.62. The van der Waals surface area contributed by atoms with E-state index in [1.54, 1.807) is 18.2 Å². The number of epoxide rings is 1. The van der Waals surface area contributed by atoms with Crippen molar-refractivity contribution in [3.63, 3.8) is 0 Å². The summed E-state index contributed by atoms with van der Waals surface area (Å²) in [6, 6.07) is 6.54. The summed E-state index contributed by atoms with van der Waals surface area (Å²) in [6.45, 7) is 1.87. The molecule has 0 aliphatic carbocycles. The van der Waals surface area contributed by atoms with Crippen molar-refractivity contribution in [3.8, 4) is 0 Å². The van der Waals surface area contributed by atoms with E-state index in [0.717, 1.165) is 0 Å². The summed E-state index contributed by atoms with van der Waals surface area (Å²) in [5, 5.41) is 9.13. The SMILES string of the molecule is CC[C@]1(CO)O[C@@H]1c1ccccc1F. The van der Waals surface area contributed by atoms with Crippen LogP contribution in [0.4, 0.5) is 4.39 Å². The van der Waals surface area contributed by atoms with E-state index in [1.165, 1.54) is 6.07 Å². The van der Waals surface area contributed by atoms with Gasteiger partial charge in [0.15, 0.2) is 0 Å². The molecule has 1 N–H and O–H groups in total. The van der Waals surface area contributed by atoms with Gasteiger partial charge in [0.25, 0.3) is 0 Å². The molecule has 0 radical (unpaired) electrons. The molecule has 1 aliphatic heterocycles. The summed E-state index contributed by atoms with van der Waals surface area (Å²) in [5.41, 5.74) is 0.00532. The number of hydrogen-bond acceptors (Lipinski definition) is 2. The topological polar surface area (TPSA) is 32.8 Å². The van der Waals surface area contributed by atoms with Crippen molar-refractivity contribution in [2.45, 2.75) is 25.0 Å². The van der Waals surface area contributed by atoms with E-state index in [4.69, 9.17) is 9.84 Å². The van der Waals surface area contributed by atoms with Crippen LogP contribution in [0.2, 0.25) is 0 Å². The van der Waals surface area contributed by atoms with Crippen molar-refractivity contribution in [1.29, 1.82) is 0 Å². The van der Waals surface area contributed by atoms with Crippen LogP contribution < -0.4 is 0 Å². The summed E-state index contributed by atoms with van der Waals surface area (Å²) in [4.78, 5) is 0. The maximum absolute atomic E-state index is 13.3. The van der Waals surface area contributed by atoms with Gasteiger partial charge in [0.1, 0.15) is 17.5 Å². The minimum Gasteiger partial charge on any atom is -0.393 e. The quantitative estimate of drug-likeness (QED) is 0.750. The van der Waals surface area contributed by atoms with Gasteiger partial charge in [-0.1, -0.05) is 25.1 Å². The first-order chi connectivity index (χ1) is 6.73. The summed E-state index contributed by atoms with van der Waals surface area (Å²) >= 11 is 0. The minimum absolute atomic E-state index is 0.0531. The Hall–Kier alpha value is -0.930. The van der Waals surface area contributed by atoms with E-state index >= 15 is 0 Å². The zero-order chi connectivity index (χ0) is 10.2. The van der Waals surface area contributed by atoms with Crippen molar-refractivity contribution < 1.29 is 14.2 Å². The van der Waals surface area contributed by atoms with E-state index < -0.39 is 5.60 Å². The predicted octanol–water partition coefficient (Wildman–Crippen LogP) is 2.04. The Labute approximate surface area is 82.3 Å². The molecular weight excluding hydrogens is 183 g/mol. The number of rotatable bonds is 3. The zero-order valence-corrected chi connectivity index (χ0v) is 8.03. The second-order valence-corrected chi connectivity index (χ2v) is 3.60. The number of ether oxygens (including phenoxy) is 1. The number of halogens is 1. The number of benzene rings is 1. The number of aliphatic hydroxyl groups excluding tert-OH is 1. The molecule has 1 saturated heterocycles. The molecular formula is C11H13FO2. The van der Waals surface area contributed by atoms with Gasteiger partial charge in [0.05, 0.1) is 6.61 Å². The van der Waals surface area contributed by atoms with E-state index in [9.17, 15) is 4.39 Å². The molecule has 1 aromatic rings. The summed E-state index contributed by atoms with van der Waals surface area (Å²) in [5.74, 6) is -0.263. The highest BCUT2D eigenvalue weighted by Gasteiger charge is 2.56. The van der Waals surface area contributed by atoms with Crippen LogP contribution >= 0.6 is 0 Å². The average Bonchev–Trinajstić information content (AvgIpc) is 2.94. The van der Waals surface area contributed by atoms with Crippen molar-refractivity contribution in [2.24, 2.45) is 0 Å². The van der Waals surface area contributed by atoms with Crippen LogP contribution in [-0.2, 0) is 4.74 Å². The van der Waals surface area contributed by atoms with Crippen molar-refractivity contribution in [2.75, 3.05) is 6.61 Å². The largest absolute Gasteiger partial charge is 0.393 e. The van der Waals surface area contributed by atoms with Crippen LogP contribution in [0.5, 0.6) is 0 Å². The van der Waals surface area contributed by atoms with Crippen LogP contribution in [0.15, 0.2) is 24.3 Å². The summed E-state index contributed by atoms with van der Waals surface area (Å²) in [6.07, 6.45) is 0.418. The van der Waals surface area contributed by atoms with Crippen LogP contribution in [0.25, 0.3) is 0 Å². The normalized spacial score (nSPS) is 30.4. The van der Waals surface area contributed by atoms with E-state index in [2.05, 4.69) is 0 Å². The molecule has 1 aromatic carbocycles. The first-order valence-corrected chi connectivity index (χ1v) is 4.76. The minimum atomic E-state index is -0.539. The van der Waals surface area contributed by atoms with Gasteiger partial charge in [-0.3, -0.25) is 0 Å². The average molecular weight is 196 g/mol. The Bertz CT molecular complexity index is 334. The predicted molar refractivity (Wildman–Crippen MR) is 50.3 cm³/mol. The van der Waals surface area contributed by atoms with Crippen LogP contribution in [0, 0.1) is 5.82 Å². The van der Waals surface area contributed by atoms with Crippen LogP contribution in [-0.4, -0.2) is 17.3 Å². The van der Waals surface area contributed by atoms with E-state index in [1.807, 2.05) is 6.92 Å². The highest BCUT2D eigenvalue weighted by atomic mass is 19.1. The lowest BCUT2D eigenvalue weighted by Crippen LogP contribution is -2.16. The molecule has 0 bridgehead atoms. The lowest BCUT2D eigenvalue weighted by atomic mass is 9.97. The van der Waals surface area contributed by atoms with Crippen molar-refractivity contribution in [3.05, 3.63) is 35.6 Å². The van der Waals surface area contributed by atoms with E-state index in [0.29, 0.717) is 12.0 Å². The third-order valence-corrected chi connectivity index (χ3v) is 2.83. The molecule has 76 valence electrons. The van der Waals surface area contributed by atoms with Crippen molar-refractivity contribution >= 4 is 0 Å². The Kier molecular flexibility index (Phi) is 2.29. The molecule has 0 aromatic heterocycles. The molecule has 14 heavy (non-hydrogen) atoms. The first-order valence-electron chi connectivity index (χ1n) is 4.76. The lowest BCUT2D eigenvalue weighted by molar-refractivity contribution is 0.168. The van der Waals surface area contributed by atoms with Crippen molar-refractivity contribution in [1.82, 2.24) is 0 Å². The lowest BCUT2D eigenvalue weighted by Gasteiger charge is -2.05. The molecule has 0 saturated carbocycles. The summed E-state index contributed by atoms with van der Waals surface area (Å²) < 4.78 is 18.7. The Morgan fingerprint density at radius 1 is 1.50 bits per heavy atom. The van der Waals surface area contributed by atoms with Gasteiger partial charge in [0.2, 0.25) is 0 Å². The maximum atomic E-state index is 13.3. The fraction of sp³-hybridized carbons (Fsp3) is 0.455. The molecule has 2 rings (SSSR count). The molecule has 1 fully saturated rings. The molecule has 2 atom stereocenters. The molecule has 0 unspecified atom stereocenters. The van der Waals surface area contributed by atoms with Crippen LogP contribution in [0.1, 0.15) is 25.0 Å². The zero-order valence-electron chi connectivity index (χ0n) is 8.03. The highest BCUT2D eigenvalue weighted by molar-refractivity contribution is 5.27. The third kappa shape index (κ3) is 1.33. The molecule has 2 nitrogen and oxygen atoms in total. The van der Waals surface area contributed by atoms with Gasteiger partial charge >= 0.3 is 0 Å². The smallest absolute Gasteiger partial charge is 0.129 e. The molecule has 0 spiro atoms. The molecule has 1 heterocycles. The Balaban J connectivity index is 2.24. The van der Waals surface area contributed by atoms with Gasteiger partial charge < -0.3 is 9.84 Å². The fourth-order valence-corrected chi connectivity index (χ4v) is 1.74. The second-order valence-electron chi connectivity index (χ2n) is 3.60. The van der Waals surface area contributed by atoms with Crippen LogP contribution in [0.3, 0.4) is 0 Å². The Morgan fingerprint density at radius 2 is 2.21 bits per heavy atom. The fourth-order valence-electron chi connectivity index (χ4n) is 1.74. The van der Waals surface area contributed by atoms with E-state index in [-0.39, 0.29) is 18.5 Å².